The number of hydrogen-bond donors (Lipinski definition) is 0. The van der Waals surface area contributed by atoms with Gasteiger partial charge in [-0.2, -0.15) is 0 Å². The van der Waals surface area contributed by atoms with Gasteiger partial charge in [-0.05, 0) is 116 Å². The predicted octanol–water partition coefficient (Wildman–Crippen LogP) is 11.3. The third-order valence-corrected chi connectivity index (χ3v) is 14.1. The van der Waals surface area contributed by atoms with Crippen LogP contribution >= 0.6 is 0 Å². The van der Waals surface area contributed by atoms with Crippen molar-refractivity contribution in [3.8, 4) is 0 Å². The first-order valence-electron chi connectivity index (χ1n) is 19.5. The Morgan fingerprint density at radius 3 is 1.00 bits per heavy atom. The molecule has 0 aliphatic heterocycles. The largest absolute Gasteiger partial charge is 0.369 e. The normalized spacial score (nSPS) is 37.8. The highest BCUT2D eigenvalue weighted by Crippen LogP contribution is 2.70. The van der Waals surface area contributed by atoms with Crippen molar-refractivity contribution in [3.05, 3.63) is 23.5 Å². The summed E-state index contributed by atoms with van der Waals surface area (Å²) in [6.45, 7) is 4.93. The maximum atomic E-state index is 3.19. The minimum absolute atomic E-state index is 0.437. The minimum Gasteiger partial charge on any atom is -0.369 e. The van der Waals surface area contributed by atoms with E-state index in [1.54, 1.807) is 0 Å². The molecule has 0 amide bonds. The smallest absolute Gasteiger partial charge is 0.0290 e. The maximum absolute atomic E-state index is 3.19. The summed E-state index contributed by atoms with van der Waals surface area (Å²) < 4.78 is 0. The molecule has 42 heavy (non-hydrogen) atoms. The first-order valence-corrected chi connectivity index (χ1v) is 19.5. The third kappa shape index (κ3) is 5.55. The average molecular weight is 575 g/mol. The van der Waals surface area contributed by atoms with Crippen LogP contribution < -0.4 is 0 Å². The predicted molar refractivity (Wildman–Crippen MR) is 178 cm³/mol. The van der Waals surface area contributed by atoms with Gasteiger partial charge in [-0.15, -0.1) is 0 Å². The first kappa shape index (κ1) is 29.8. The second-order valence-corrected chi connectivity index (χ2v) is 16.9. The molecular formula is C40H66N2. The van der Waals surface area contributed by atoms with Crippen molar-refractivity contribution < 1.29 is 0 Å². The fraction of sp³-hybridized carbons (Fsp3) is 0.900. The molecule has 0 radical (unpaired) electrons. The monoisotopic (exact) mass is 575 g/mol. The maximum Gasteiger partial charge on any atom is 0.0290 e. The number of nitrogens with zero attached hydrogens (tertiary/aromatic N) is 2. The summed E-state index contributed by atoms with van der Waals surface area (Å²) in [5.74, 6) is 1.91. The highest BCUT2D eigenvalue weighted by molar-refractivity contribution is 5.30. The molecule has 0 unspecified atom stereocenters. The van der Waals surface area contributed by atoms with E-state index in [1.807, 2.05) is 11.4 Å². The van der Waals surface area contributed by atoms with Crippen LogP contribution in [0.25, 0.3) is 0 Å². The lowest BCUT2D eigenvalue weighted by Crippen LogP contribution is -2.60. The van der Waals surface area contributed by atoms with Crippen LogP contribution in [-0.2, 0) is 0 Å². The van der Waals surface area contributed by atoms with Gasteiger partial charge in [-0.25, -0.2) is 0 Å². The fourth-order valence-corrected chi connectivity index (χ4v) is 13.1. The van der Waals surface area contributed by atoms with E-state index in [-0.39, 0.29) is 0 Å². The zero-order chi connectivity index (χ0) is 28.6. The molecule has 4 bridgehead atoms. The van der Waals surface area contributed by atoms with E-state index in [1.165, 1.54) is 167 Å². The highest BCUT2D eigenvalue weighted by Gasteiger charge is 2.62. The zero-order valence-electron chi connectivity index (χ0n) is 27.9. The number of hydrogen-bond acceptors (Lipinski definition) is 2. The van der Waals surface area contributed by atoms with Crippen LogP contribution in [0.4, 0.5) is 0 Å². The lowest BCUT2D eigenvalue weighted by Gasteiger charge is -2.66. The van der Waals surface area contributed by atoms with Gasteiger partial charge in [0.25, 0.3) is 0 Å². The molecule has 8 saturated carbocycles. The van der Waals surface area contributed by atoms with E-state index >= 15 is 0 Å². The molecule has 0 aromatic heterocycles. The quantitative estimate of drug-likeness (QED) is 0.284. The molecule has 2 nitrogen and oxygen atoms in total. The van der Waals surface area contributed by atoms with Crippen molar-refractivity contribution in [1.29, 1.82) is 0 Å². The molecule has 8 aliphatic carbocycles. The van der Waals surface area contributed by atoms with Crippen LogP contribution in [0, 0.1) is 22.7 Å². The molecule has 236 valence electrons. The number of rotatable bonds is 8. The van der Waals surface area contributed by atoms with Crippen LogP contribution in [0.1, 0.15) is 181 Å². The SMILES string of the molecule is CC=C(N(C1CCCCC1)C1CCCCC1)C12CC3CC(C1)CC(C(=CC)N(C1CCCCC1)C1CCCCC1)(C3)C2. The van der Waals surface area contributed by atoms with Crippen molar-refractivity contribution in [2.75, 3.05) is 0 Å². The van der Waals surface area contributed by atoms with Gasteiger partial charge in [0, 0.05) is 46.4 Å². The summed E-state index contributed by atoms with van der Waals surface area (Å²) in [5.41, 5.74) is 4.62. The van der Waals surface area contributed by atoms with E-state index in [9.17, 15) is 0 Å². The molecule has 0 saturated heterocycles. The van der Waals surface area contributed by atoms with Gasteiger partial charge in [-0.3, -0.25) is 0 Å². The molecule has 0 spiro atoms. The molecule has 0 heterocycles. The van der Waals surface area contributed by atoms with E-state index in [4.69, 9.17) is 0 Å². The Hall–Kier alpha value is -0.920. The van der Waals surface area contributed by atoms with Crippen LogP contribution in [0.2, 0.25) is 0 Å². The summed E-state index contributed by atoms with van der Waals surface area (Å²) in [7, 11) is 0. The Balaban J connectivity index is 1.25. The van der Waals surface area contributed by atoms with Gasteiger partial charge in [0.2, 0.25) is 0 Å². The fourth-order valence-electron chi connectivity index (χ4n) is 13.1. The Morgan fingerprint density at radius 1 is 0.452 bits per heavy atom. The zero-order valence-corrected chi connectivity index (χ0v) is 27.9. The van der Waals surface area contributed by atoms with Crippen LogP contribution in [0.15, 0.2) is 23.5 Å². The van der Waals surface area contributed by atoms with Gasteiger partial charge in [0.15, 0.2) is 0 Å². The van der Waals surface area contributed by atoms with E-state index in [0.29, 0.717) is 10.8 Å². The van der Waals surface area contributed by atoms with Crippen LogP contribution in [0.5, 0.6) is 0 Å². The summed E-state index contributed by atoms with van der Waals surface area (Å²) in [4.78, 5) is 6.38. The van der Waals surface area contributed by atoms with E-state index in [2.05, 4.69) is 35.8 Å². The number of allylic oxidation sites excluding steroid dienone is 4. The second-order valence-electron chi connectivity index (χ2n) is 16.9. The molecular weight excluding hydrogens is 508 g/mol. The van der Waals surface area contributed by atoms with Crippen molar-refractivity contribution in [3.63, 3.8) is 0 Å². The van der Waals surface area contributed by atoms with Gasteiger partial charge >= 0.3 is 0 Å². The molecule has 0 aromatic carbocycles. The van der Waals surface area contributed by atoms with E-state index < -0.39 is 0 Å². The van der Waals surface area contributed by atoms with Crippen molar-refractivity contribution >= 4 is 0 Å². The molecule has 8 aliphatic rings. The average Bonchev–Trinajstić information content (AvgIpc) is 3.03. The molecule has 8 fully saturated rings. The summed E-state index contributed by atoms with van der Waals surface area (Å²) >= 11 is 0. The van der Waals surface area contributed by atoms with Crippen molar-refractivity contribution in [2.24, 2.45) is 22.7 Å². The molecule has 0 atom stereocenters. The van der Waals surface area contributed by atoms with Crippen molar-refractivity contribution in [2.45, 2.75) is 205 Å². The van der Waals surface area contributed by atoms with E-state index in [0.717, 1.165) is 36.0 Å². The third-order valence-electron chi connectivity index (χ3n) is 14.1. The van der Waals surface area contributed by atoms with Crippen LogP contribution in [0.3, 0.4) is 0 Å². The van der Waals surface area contributed by atoms with Gasteiger partial charge in [0.1, 0.15) is 0 Å². The minimum atomic E-state index is 0.437. The Morgan fingerprint density at radius 2 is 0.738 bits per heavy atom. The Kier molecular flexibility index (Phi) is 9.09. The van der Waals surface area contributed by atoms with Gasteiger partial charge < -0.3 is 9.80 Å². The van der Waals surface area contributed by atoms with Crippen LogP contribution in [-0.4, -0.2) is 34.0 Å². The topological polar surface area (TPSA) is 6.48 Å². The summed E-state index contributed by atoms with van der Waals surface area (Å²) in [6, 6.07) is 3.27. The van der Waals surface area contributed by atoms with Gasteiger partial charge in [0.05, 0.1) is 0 Å². The van der Waals surface area contributed by atoms with Crippen molar-refractivity contribution in [1.82, 2.24) is 9.80 Å². The lowest BCUT2D eigenvalue weighted by atomic mass is 9.42. The Labute approximate surface area is 260 Å². The standard InChI is InChI=1S/C40H66N2/c1-3-37(41(33-17-9-5-10-18-33)34-19-11-6-12-20-34)39-26-31-25-32(27-39)29-40(28-31,30-39)38(4-2)42(35-21-13-7-14-22-35)36-23-15-8-16-24-36/h3-4,31-36H,5-30H2,1-2H3. The lowest BCUT2D eigenvalue weighted by molar-refractivity contribution is -0.107. The Bertz CT molecular complexity index is 828. The first-order chi connectivity index (χ1) is 20.6. The van der Waals surface area contributed by atoms with Gasteiger partial charge in [-0.1, -0.05) is 89.2 Å². The highest BCUT2D eigenvalue weighted by atomic mass is 15.2. The summed E-state index contributed by atoms with van der Waals surface area (Å²) in [5, 5.41) is 0. The molecule has 8 rings (SSSR count). The molecule has 0 aromatic rings. The molecule has 2 heteroatoms. The second kappa shape index (κ2) is 12.8. The molecule has 0 N–H and O–H groups in total. The summed E-state index contributed by atoms with van der Waals surface area (Å²) in [6.07, 6.45) is 43.7.